The number of carbonyl (C=O) groups is 4. The molecule has 2 N–H and O–H groups in total. The summed E-state index contributed by atoms with van der Waals surface area (Å²) in [4.78, 5) is 60.2. The van der Waals surface area contributed by atoms with E-state index in [-0.39, 0.29) is 42.7 Å². The molecule has 0 unspecified atom stereocenters. The fourth-order valence-corrected chi connectivity index (χ4v) is 8.86. The van der Waals surface area contributed by atoms with Crippen LogP contribution in [0.5, 0.6) is 0 Å². The molecule has 1 aromatic rings. The van der Waals surface area contributed by atoms with Gasteiger partial charge in [0.1, 0.15) is 17.7 Å². The summed E-state index contributed by atoms with van der Waals surface area (Å²) in [6.45, 7) is 13.4. The van der Waals surface area contributed by atoms with E-state index in [2.05, 4.69) is 18.5 Å². The summed E-state index contributed by atoms with van der Waals surface area (Å²) in [5, 5.41) is 13.7. The molecule has 10 heteroatoms. The molecule has 268 valence electrons. The molecule has 3 amide bonds. The number of esters is 1. The van der Waals surface area contributed by atoms with Gasteiger partial charge >= 0.3 is 5.97 Å². The molecule has 1 aromatic carbocycles. The van der Waals surface area contributed by atoms with Gasteiger partial charge in [0.15, 0.2) is 0 Å². The van der Waals surface area contributed by atoms with Gasteiger partial charge in [-0.15, -0.1) is 13.2 Å². The van der Waals surface area contributed by atoms with Crippen molar-refractivity contribution >= 4 is 23.7 Å². The number of aliphatic hydroxyl groups excluding tert-OH is 1. The maximum Gasteiger partial charge on any atom is 0.313 e. The number of ether oxygens (including phenoxy) is 2. The number of benzene rings is 1. The molecule has 3 heterocycles. The maximum atomic E-state index is 14.9. The largest absolute Gasteiger partial charge is 0.455 e. The topological polar surface area (TPSA) is 125 Å². The van der Waals surface area contributed by atoms with E-state index < -0.39 is 53.7 Å². The van der Waals surface area contributed by atoms with Gasteiger partial charge in [-0.25, -0.2) is 0 Å². The van der Waals surface area contributed by atoms with Crippen LogP contribution >= 0.6 is 0 Å². The SMILES string of the molecule is C=CCCC(=O)N[C@@H](C)[C@H](OC(=O)[C@@H]1[C@H]2C(=O)N([C@@H](CO)[C@@H](C)CC)[C@H](C(=O)N(CC=C)C3CCCCC3)[C@]23CC[C@H]1O3)c1ccccc1. The minimum Gasteiger partial charge on any atom is -0.455 e. The summed E-state index contributed by atoms with van der Waals surface area (Å²) in [5.74, 6) is -3.28. The van der Waals surface area contributed by atoms with Crippen LogP contribution in [-0.2, 0) is 28.7 Å². The number of rotatable bonds is 16. The Kier molecular flexibility index (Phi) is 12.0. The summed E-state index contributed by atoms with van der Waals surface area (Å²) in [6, 6.07) is 7.11. The van der Waals surface area contributed by atoms with Crippen molar-refractivity contribution in [3.05, 3.63) is 61.2 Å². The first-order valence-electron chi connectivity index (χ1n) is 18.3. The van der Waals surface area contributed by atoms with Crippen LogP contribution in [0.2, 0.25) is 0 Å². The average Bonchev–Trinajstić information content (AvgIpc) is 3.76. The first-order chi connectivity index (χ1) is 23.6. The lowest BCUT2D eigenvalue weighted by atomic mass is 9.70. The van der Waals surface area contributed by atoms with Crippen LogP contribution in [0.25, 0.3) is 0 Å². The normalized spacial score (nSPS) is 28.7. The van der Waals surface area contributed by atoms with Gasteiger partial charge in [-0.1, -0.05) is 82.0 Å². The predicted octanol–water partition coefficient (Wildman–Crippen LogP) is 4.87. The zero-order chi connectivity index (χ0) is 35.3. The van der Waals surface area contributed by atoms with E-state index >= 15 is 0 Å². The lowest BCUT2D eigenvalue weighted by Gasteiger charge is -2.43. The van der Waals surface area contributed by atoms with E-state index in [1.165, 1.54) is 0 Å². The summed E-state index contributed by atoms with van der Waals surface area (Å²) in [6.07, 6.45) is 9.38. The zero-order valence-electron chi connectivity index (χ0n) is 29.4. The van der Waals surface area contributed by atoms with Crippen LogP contribution in [0.15, 0.2) is 55.6 Å². The lowest BCUT2D eigenvalue weighted by Crippen LogP contribution is -2.61. The van der Waals surface area contributed by atoms with Crippen molar-refractivity contribution in [3.63, 3.8) is 0 Å². The molecule has 4 fully saturated rings. The monoisotopic (exact) mass is 677 g/mol. The van der Waals surface area contributed by atoms with E-state index in [9.17, 15) is 24.3 Å². The van der Waals surface area contributed by atoms with E-state index in [0.29, 0.717) is 37.8 Å². The highest BCUT2D eigenvalue weighted by atomic mass is 16.6. The Morgan fingerprint density at radius 2 is 1.84 bits per heavy atom. The molecule has 4 aliphatic rings. The highest BCUT2D eigenvalue weighted by molar-refractivity contribution is 5.98. The van der Waals surface area contributed by atoms with Gasteiger partial charge in [-0.3, -0.25) is 19.2 Å². The van der Waals surface area contributed by atoms with Crippen molar-refractivity contribution in [2.75, 3.05) is 13.2 Å². The number of likely N-dealkylation sites (tertiary alicyclic amines) is 1. The number of nitrogens with zero attached hydrogens (tertiary/aromatic N) is 2. The summed E-state index contributed by atoms with van der Waals surface area (Å²) in [7, 11) is 0. The molecule has 10 nitrogen and oxygen atoms in total. The predicted molar refractivity (Wildman–Crippen MR) is 186 cm³/mol. The quantitative estimate of drug-likeness (QED) is 0.189. The molecule has 1 aliphatic carbocycles. The Balaban J connectivity index is 1.50. The second-order valence-electron chi connectivity index (χ2n) is 14.5. The number of aliphatic hydroxyl groups is 1. The number of carbonyl (C=O) groups excluding carboxylic acids is 4. The van der Waals surface area contributed by atoms with Gasteiger partial charge in [0, 0.05) is 19.0 Å². The second-order valence-corrected chi connectivity index (χ2v) is 14.5. The smallest absolute Gasteiger partial charge is 0.313 e. The molecule has 0 aromatic heterocycles. The van der Waals surface area contributed by atoms with Crippen molar-refractivity contribution in [3.8, 4) is 0 Å². The van der Waals surface area contributed by atoms with Gasteiger partial charge in [-0.05, 0) is 50.5 Å². The van der Waals surface area contributed by atoms with Gasteiger partial charge in [-0.2, -0.15) is 0 Å². The van der Waals surface area contributed by atoms with E-state index in [0.717, 1.165) is 32.1 Å². The molecule has 3 aliphatic heterocycles. The van der Waals surface area contributed by atoms with Crippen LogP contribution in [0.3, 0.4) is 0 Å². The summed E-state index contributed by atoms with van der Waals surface area (Å²) >= 11 is 0. The van der Waals surface area contributed by atoms with E-state index in [1.54, 1.807) is 24.0 Å². The van der Waals surface area contributed by atoms with Crippen molar-refractivity contribution in [1.82, 2.24) is 15.1 Å². The van der Waals surface area contributed by atoms with E-state index in [1.807, 2.05) is 49.1 Å². The standard InChI is InChI=1S/C39H55N3O7/c1-6-9-20-31(44)40-26(5)34(27-16-12-10-13-17-27)48-38(47)32-30-21-22-39(49-30)33(32)36(45)42(29(24-43)25(4)8-3)35(39)37(46)41(23-7-2)28-18-14-11-15-19-28/h6-7,10,12-13,16-17,25-26,28-30,32-35,43H,1-2,8-9,11,14-15,18-24H2,3-5H3,(H,40,44)/t25-,26-,29-,30+,32-,33-,34-,35+,39-/m0/s1. The second kappa shape index (κ2) is 16.0. The first-order valence-corrected chi connectivity index (χ1v) is 18.3. The highest BCUT2D eigenvalue weighted by Crippen LogP contribution is 2.60. The Hall–Kier alpha value is -3.50. The molecule has 2 bridgehead atoms. The third kappa shape index (κ3) is 7.09. The zero-order valence-corrected chi connectivity index (χ0v) is 29.4. The third-order valence-electron chi connectivity index (χ3n) is 11.5. The Labute approximate surface area is 291 Å². The number of hydrogen-bond donors (Lipinski definition) is 2. The van der Waals surface area contributed by atoms with Crippen LogP contribution < -0.4 is 5.32 Å². The molecule has 0 radical (unpaired) electrons. The fourth-order valence-electron chi connectivity index (χ4n) is 8.86. The molecule has 49 heavy (non-hydrogen) atoms. The Morgan fingerprint density at radius 1 is 1.12 bits per heavy atom. The van der Waals surface area contributed by atoms with Crippen LogP contribution in [0.4, 0.5) is 0 Å². The fraction of sp³-hybridized carbons (Fsp3) is 0.641. The van der Waals surface area contributed by atoms with Crippen LogP contribution in [0.1, 0.15) is 96.6 Å². The van der Waals surface area contributed by atoms with Crippen LogP contribution in [-0.4, -0.2) is 87.6 Å². The van der Waals surface area contributed by atoms with Crippen molar-refractivity contribution in [1.29, 1.82) is 0 Å². The molecule has 5 rings (SSSR count). The molecular weight excluding hydrogens is 622 g/mol. The van der Waals surface area contributed by atoms with Crippen molar-refractivity contribution in [2.45, 2.75) is 127 Å². The summed E-state index contributed by atoms with van der Waals surface area (Å²) in [5.41, 5.74) is -0.507. The lowest BCUT2D eigenvalue weighted by molar-refractivity contribution is -0.163. The number of fused-ring (bicyclic) bond motifs is 1. The number of allylic oxidation sites excluding steroid dienone is 1. The Morgan fingerprint density at radius 3 is 2.47 bits per heavy atom. The minimum absolute atomic E-state index is 0.0250. The third-order valence-corrected chi connectivity index (χ3v) is 11.5. The molecule has 9 atom stereocenters. The van der Waals surface area contributed by atoms with Crippen molar-refractivity contribution in [2.24, 2.45) is 17.8 Å². The molecule has 3 saturated heterocycles. The van der Waals surface area contributed by atoms with Gasteiger partial charge < -0.3 is 29.7 Å². The highest BCUT2D eigenvalue weighted by Gasteiger charge is 2.76. The van der Waals surface area contributed by atoms with Gasteiger partial charge in [0.2, 0.25) is 17.7 Å². The number of hydrogen-bond acceptors (Lipinski definition) is 7. The maximum absolute atomic E-state index is 14.9. The molecular formula is C39H55N3O7. The molecule has 1 spiro atoms. The summed E-state index contributed by atoms with van der Waals surface area (Å²) < 4.78 is 13.0. The van der Waals surface area contributed by atoms with Crippen molar-refractivity contribution < 1.29 is 33.8 Å². The van der Waals surface area contributed by atoms with Crippen LogP contribution in [0, 0.1) is 17.8 Å². The average molecular weight is 678 g/mol. The minimum atomic E-state index is -1.22. The first kappa shape index (κ1) is 36.8. The van der Waals surface area contributed by atoms with Gasteiger partial charge in [0.25, 0.3) is 0 Å². The molecule has 1 saturated carbocycles. The number of nitrogens with one attached hydrogen (secondary N) is 1. The van der Waals surface area contributed by atoms with Gasteiger partial charge in [0.05, 0.1) is 36.6 Å². The number of amides is 3. The Bertz CT molecular complexity index is 1360. The van der Waals surface area contributed by atoms with E-state index in [4.69, 9.17) is 9.47 Å².